The molecule has 1 aliphatic heterocycles. The fourth-order valence-corrected chi connectivity index (χ4v) is 2.25. The Bertz CT molecular complexity index is 717. The summed E-state index contributed by atoms with van der Waals surface area (Å²) in [6, 6.07) is 0. The molecule has 0 aromatic heterocycles. The van der Waals surface area contributed by atoms with Crippen LogP contribution in [0.25, 0.3) is 0 Å². The molecule has 1 rings (SSSR count). The summed E-state index contributed by atoms with van der Waals surface area (Å²) in [6.45, 7) is 40.7. The molecule has 1 fully saturated rings. The maximum Gasteiger partial charge on any atom is 0.310 e. The molecule has 1 aliphatic rings. The molecular formula is C35H76N2O6. The summed E-state index contributed by atoms with van der Waals surface area (Å²) in [6.07, 6.45) is 0.343. The van der Waals surface area contributed by atoms with Crippen molar-refractivity contribution in [2.75, 3.05) is 47.5 Å². The van der Waals surface area contributed by atoms with Gasteiger partial charge in [-0.25, -0.2) is 0 Å². The minimum Gasteiger partial charge on any atom is -0.469 e. The predicted octanol–water partition coefficient (Wildman–Crippen LogP) is 7.46. The molecule has 262 valence electrons. The van der Waals surface area contributed by atoms with Gasteiger partial charge in [-0.15, -0.1) is 0 Å². The van der Waals surface area contributed by atoms with Crippen molar-refractivity contribution in [1.29, 1.82) is 0 Å². The number of esters is 1. The molecule has 8 nitrogen and oxygen atoms in total. The van der Waals surface area contributed by atoms with Crippen molar-refractivity contribution in [2.45, 2.75) is 154 Å². The highest BCUT2D eigenvalue weighted by Crippen LogP contribution is 2.28. The first kappa shape index (κ1) is 48.7. The second kappa shape index (κ2) is 20.0. The lowest BCUT2D eigenvalue weighted by Crippen LogP contribution is -2.45. The summed E-state index contributed by atoms with van der Waals surface area (Å²) in [5, 5.41) is 9.35. The van der Waals surface area contributed by atoms with Crippen molar-refractivity contribution in [3.63, 3.8) is 0 Å². The van der Waals surface area contributed by atoms with E-state index in [0.29, 0.717) is 24.9 Å². The van der Waals surface area contributed by atoms with Crippen LogP contribution in [0.15, 0.2) is 0 Å². The van der Waals surface area contributed by atoms with Gasteiger partial charge < -0.3 is 29.1 Å². The molecule has 0 saturated carbocycles. The van der Waals surface area contributed by atoms with Gasteiger partial charge in [0, 0.05) is 24.0 Å². The van der Waals surface area contributed by atoms with Crippen LogP contribution in [-0.4, -0.2) is 97.1 Å². The maximum atomic E-state index is 11.7. The number of methoxy groups -OCH3 is 1. The molecule has 1 heterocycles. The molecule has 0 unspecified atom stereocenters. The van der Waals surface area contributed by atoms with Crippen LogP contribution < -0.4 is 0 Å². The van der Waals surface area contributed by atoms with E-state index in [1.165, 1.54) is 7.11 Å². The lowest BCUT2D eigenvalue weighted by Gasteiger charge is -2.33. The quantitative estimate of drug-likeness (QED) is 0.305. The Hall–Kier alpha value is -1.22. The van der Waals surface area contributed by atoms with Crippen LogP contribution in [0, 0.1) is 16.2 Å². The summed E-state index contributed by atoms with van der Waals surface area (Å²) < 4.78 is 15.1. The first-order valence-corrected chi connectivity index (χ1v) is 15.6. The molecule has 0 spiro atoms. The van der Waals surface area contributed by atoms with Gasteiger partial charge in [-0.1, -0.05) is 41.5 Å². The number of carbonyl (C=O) groups is 2. The maximum absolute atomic E-state index is 11.7. The van der Waals surface area contributed by atoms with Gasteiger partial charge in [-0.05, 0) is 110 Å². The van der Waals surface area contributed by atoms with Crippen LogP contribution in [0.3, 0.4) is 0 Å². The number of morpholine rings is 1. The van der Waals surface area contributed by atoms with Gasteiger partial charge in [0.2, 0.25) is 5.91 Å². The number of nitrogens with zero attached hydrogens (tertiary/aromatic N) is 2. The number of carbonyl (C=O) groups excluding carboxylic acids is 2. The first-order valence-electron chi connectivity index (χ1n) is 15.6. The van der Waals surface area contributed by atoms with E-state index < -0.39 is 5.60 Å². The van der Waals surface area contributed by atoms with Crippen LogP contribution in [0.1, 0.15) is 132 Å². The van der Waals surface area contributed by atoms with E-state index in [2.05, 4.69) is 65.3 Å². The zero-order valence-corrected chi connectivity index (χ0v) is 32.8. The minimum atomic E-state index is -0.562. The fraction of sp³-hybridized carbons (Fsp3) is 0.943. The van der Waals surface area contributed by atoms with Gasteiger partial charge in [0.15, 0.2) is 0 Å². The number of hydrogen-bond donors (Lipinski definition) is 1. The average molecular weight is 621 g/mol. The van der Waals surface area contributed by atoms with Gasteiger partial charge in [0.1, 0.15) is 0 Å². The SMILES string of the molecule is CC(C)(C)C(=O)N1CCOCC1.CC(C)(C)C(C)(C)O.CC(C)OC(C)(C)C.CN(C)C(C)(C)C.COC(=O)C(C)(C)C. The largest absolute Gasteiger partial charge is 0.469 e. The summed E-state index contributed by atoms with van der Waals surface area (Å²) in [5.41, 5.74) is -0.819. The van der Waals surface area contributed by atoms with Crippen molar-refractivity contribution in [1.82, 2.24) is 9.80 Å². The molecule has 0 atom stereocenters. The molecule has 0 radical (unpaired) electrons. The van der Waals surface area contributed by atoms with Crippen LogP contribution in [-0.2, 0) is 23.8 Å². The normalized spacial score (nSPS) is 14.6. The molecule has 1 amide bonds. The standard InChI is InChI=1S/C9H17NO2.2C7H16O.C6H15N.C6H12O2/c1-9(2,3)8(11)10-4-6-12-7-5-10;1-6(2)8-7(3,4)5;1-6(2,3)7(4,5)8;1-6(2,3)7(4)5;1-6(2,3)5(7)8-4/h4-7H2,1-3H3;6H,1-5H3;8H,1-5H3;1-5H3;1-4H3. The monoisotopic (exact) mass is 621 g/mol. The lowest BCUT2D eigenvalue weighted by molar-refractivity contribution is -0.149. The van der Waals surface area contributed by atoms with Gasteiger partial charge in [-0.2, -0.15) is 0 Å². The highest BCUT2D eigenvalue weighted by molar-refractivity contribution is 5.81. The van der Waals surface area contributed by atoms with Crippen molar-refractivity contribution >= 4 is 11.9 Å². The van der Waals surface area contributed by atoms with E-state index in [9.17, 15) is 14.7 Å². The van der Waals surface area contributed by atoms with Gasteiger partial charge in [0.25, 0.3) is 0 Å². The highest BCUT2D eigenvalue weighted by atomic mass is 16.5. The number of hydrogen-bond acceptors (Lipinski definition) is 7. The Morgan fingerprint density at radius 2 is 1.07 bits per heavy atom. The zero-order valence-electron chi connectivity index (χ0n) is 32.8. The van der Waals surface area contributed by atoms with Crippen LogP contribution >= 0.6 is 0 Å². The predicted molar refractivity (Wildman–Crippen MR) is 183 cm³/mol. The van der Waals surface area contributed by atoms with E-state index in [0.717, 1.165) is 13.1 Å². The molecule has 0 aliphatic carbocycles. The van der Waals surface area contributed by atoms with E-state index >= 15 is 0 Å². The van der Waals surface area contributed by atoms with E-state index in [-0.39, 0.29) is 33.7 Å². The lowest BCUT2D eigenvalue weighted by atomic mass is 9.79. The number of ether oxygens (including phenoxy) is 3. The van der Waals surface area contributed by atoms with Crippen LogP contribution in [0.2, 0.25) is 0 Å². The second-order valence-electron chi connectivity index (χ2n) is 17.0. The minimum absolute atomic E-state index is 0.00694. The number of rotatable bonds is 1. The van der Waals surface area contributed by atoms with Crippen molar-refractivity contribution in [2.24, 2.45) is 16.2 Å². The smallest absolute Gasteiger partial charge is 0.310 e. The van der Waals surface area contributed by atoms with Crippen LogP contribution in [0.5, 0.6) is 0 Å². The van der Waals surface area contributed by atoms with Gasteiger partial charge >= 0.3 is 5.97 Å². The Morgan fingerprint density at radius 3 is 1.19 bits per heavy atom. The highest BCUT2D eigenvalue weighted by Gasteiger charge is 2.29. The second-order valence-corrected chi connectivity index (χ2v) is 17.0. The summed E-state index contributed by atoms with van der Waals surface area (Å²) in [7, 11) is 5.56. The third kappa shape index (κ3) is 30.6. The van der Waals surface area contributed by atoms with Crippen molar-refractivity contribution < 1.29 is 28.9 Å². The first-order chi connectivity index (χ1) is 18.6. The van der Waals surface area contributed by atoms with E-state index in [1.807, 2.05) is 94.9 Å². The molecule has 0 aromatic rings. The fourth-order valence-electron chi connectivity index (χ4n) is 2.25. The van der Waals surface area contributed by atoms with Crippen molar-refractivity contribution in [3.05, 3.63) is 0 Å². The summed E-state index contributed by atoms with van der Waals surface area (Å²) in [4.78, 5) is 26.4. The van der Waals surface area contributed by atoms with Crippen LogP contribution in [0.4, 0.5) is 0 Å². The average Bonchev–Trinajstić information content (AvgIpc) is 2.75. The molecule has 8 heteroatoms. The van der Waals surface area contributed by atoms with Gasteiger partial charge in [-0.3, -0.25) is 9.59 Å². The molecule has 0 bridgehead atoms. The number of amides is 1. The molecule has 1 N–H and O–H groups in total. The molecule has 0 aromatic carbocycles. The Balaban J connectivity index is -0.000000225. The Labute approximate surface area is 268 Å². The van der Waals surface area contributed by atoms with Gasteiger partial charge in [0.05, 0.1) is 43.0 Å². The van der Waals surface area contributed by atoms with Crippen molar-refractivity contribution in [3.8, 4) is 0 Å². The van der Waals surface area contributed by atoms with E-state index in [1.54, 1.807) is 0 Å². The third-order valence-corrected chi connectivity index (χ3v) is 6.50. The topological polar surface area (TPSA) is 88.5 Å². The Kier molecular flexibility index (Phi) is 22.7. The molecular weight excluding hydrogens is 544 g/mol. The van der Waals surface area contributed by atoms with E-state index in [4.69, 9.17) is 9.47 Å². The number of aliphatic hydroxyl groups is 1. The summed E-state index contributed by atoms with van der Waals surface area (Å²) >= 11 is 0. The third-order valence-electron chi connectivity index (χ3n) is 6.50. The Morgan fingerprint density at radius 1 is 0.744 bits per heavy atom. The zero-order chi connectivity index (χ0) is 35.8. The molecule has 43 heavy (non-hydrogen) atoms. The molecule has 1 saturated heterocycles. The summed E-state index contributed by atoms with van der Waals surface area (Å²) in [5.74, 6) is 0.0586.